The van der Waals surface area contributed by atoms with Gasteiger partial charge in [0.2, 0.25) is 5.91 Å². The Morgan fingerprint density at radius 1 is 1.53 bits per heavy atom. The summed E-state index contributed by atoms with van der Waals surface area (Å²) in [6.07, 6.45) is 2.90. The number of hydrogen-bond acceptors (Lipinski definition) is 3. The molecule has 104 valence electrons. The van der Waals surface area contributed by atoms with Crippen LogP contribution in [-0.2, 0) is 11.3 Å². The summed E-state index contributed by atoms with van der Waals surface area (Å²) in [5, 5.41) is 4.41. The summed E-state index contributed by atoms with van der Waals surface area (Å²) >= 11 is 0. The van der Waals surface area contributed by atoms with Crippen molar-refractivity contribution in [3.63, 3.8) is 0 Å². The molecule has 2 heterocycles. The number of rotatable bonds is 3. The molecule has 5 nitrogen and oxygen atoms in total. The number of nitrogens with zero attached hydrogens (tertiary/aromatic N) is 4. The van der Waals surface area contributed by atoms with Gasteiger partial charge in [0.1, 0.15) is 0 Å². The molecule has 5 heteroatoms. The third-order valence-electron chi connectivity index (χ3n) is 4.20. The molecule has 2 aliphatic rings. The van der Waals surface area contributed by atoms with Crippen LogP contribution in [-0.4, -0.2) is 52.7 Å². The summed E-state index contributed by atoms with van der Waals surface area (Å²) < 4.78 is 2.08. The molecule has 19 heavy (non-hydrogen) atoms. The van der Waals surface area contributed by atoms with Gasteiger partial charge in [-0.25, -0.2) is 0 Å². The van der Waals surface area contributed by atoms with Crippen LogP contribution >= 0.6 is 0 Å². The summed E-state index contributed by atoms with van der Waals surface area (Å²) in [5.41, 5.74) is 1.15. The van der Waals surface area contributed by atoms with Crippen LogP contribution in [0.15, 0.2) is 12.3 Å². The molecule has 1 aromatic heterocycles. The van der Waals surface area contributed by atoms with Gasteiger partial charge in [0, 0.05) is 25.2 Å². The zero-order valence-corrected chi connectivity index (χ0v) is 11.9. The van der Waals surface area contributed by atoms with Gasteiger partial charge in [-0.2, -0.15) is 5.10 Å². The zero-order chi connectivity index (χ0) is 13.6. The summed E-state index contributed by atoms with van der Waals surface area (Å²) in [6, 6.07) is 2.30. The van der Waals surface area contributed by atoms with Gasteiger partial charge in [-0.05, 0) is 32.5 Å². The Hall–Kier alpha value is -1.36. The Bertz CT molecular complexity index is 482. The first kappa shape index (κ1) is 12.7. The summed E-state index contributed by atoms with van der Waals surface area (Å²) in [7, 11) is 4.12. The number of likely N-dealkylation sites (N-methyl/N-ethyl adjacent to an activating group) is 1. The molecular weight excluding hydrogens is 240 g/mol. The van der Waals surface area contributed by atoms with Crippen LogP contribution in [0.5, 0.6) is 0 Å². The quantitative estimate of drug-likeness (QED) is 0.815. The normalized spacial score (nSPS) is 29.5. The maximum Gasteiger partial charge on any atom is 0.226 e. The molecule has 1 aliphatic heterocycles. The average molecular weight is 262 g/mol. The fourth-order valence-corrected chi connectivity index (χ4v) is 3.01. The van der Waals surface area contributed by atoms with Gasteiger partial charge in [-0.3, -0.25) is 9.48 Å². The van der Waals surface area contributed by atoms with Gasteiger partial charge in [0.05, 0.1) is 18.3 Å². The van der Waals surface area contributed by atoms with Gasteiger partial charge in [0.15, 0.2) is 0 Å². The SMILES string of the molecule is C[C@@H]1C[C@@H]1C(=O)N1Cc2ccnn2[C@H](CN(C)C)C1. The lowest BCUT2D eigenvalue weighted by molar-refractivity contribution is -0.135. The van der Waals surface area contributed by atoms with Crippen molar-refractivity contribution in [1.29, 1.82) is 0 Å². The minimum Gasteiger partial charge on any atom is -0.334 e. The monoisotopic (exact) mass is 262 g/mol. The van der Waals surface area contributed by atoms with Crippen LogP contribution in [0.3, 0.4) is 0 Å². The van der Waals surface area contributed by atoms with E-state index in [4.69, 9.17) is 0 Å². The lowest BCUT2D eigenvalue weighted by Crippen LogP contribution is -2.45. The van der Waals surface area contributed by atoms with Crippen LogP contribution in [0.1, 0.15) is 25.1 Å². The van der Waals surface area contributed by atoms with Crippen molar-refractivity contribution in [2.75, 3.05) is 27.2 Å². The highest BCUT2D eigenvalue weighted by molar-refractivity contribution is 5.81. The van der Waals surface area contributed by atoms with Crippen LogP contribution in [0.25, 0.3) is 0 Å². The molecule has 0 N–H and O–H groups in total. The highest BCUT2D eigenvalue weighted by Gasteiger charge is 2.43. The van der Waals surface area contributed by atoms with E-state index >= 15 is 0 Å². The van der Waals surface area contributed by atoms with Crippen molar-refractivity contribution >= 4 is 5.91 Å². The van der Waals surface area contributed by atoms with E-state index < -0.39 is 0 Å². The maximum absolute atomic E-state index is 12.4. The molecule has 3 atom stereocenters. The Kier molecular flexibility index (Phi) is 3.09. The average Bonchev–Trinajstić information content (AvgIpc) is 2.89. The van der Waals surface area contributed by atoms with E-state index in [1.165, 1.54) is 0 Å². The highest BCUT2D eigenvalue weighted by Crippen LogP contribution is 2.40. The molecule has 0 bridgehead atoms. The van der Waals surface area contributed by atoms with Gasteiger partial charge in [0.25, 0.3) is 0 Å². The lowest BCUT2D eigenvalue weighted by Gasteiger charge is -2.35. The summed E-state index contributed by atoms with van der Waals surface area (Å²) in [6.45, 7) is 4.58. The Morgan fingerprint density at radius 2 is 2.26 bits per heavy atom. The highest BCUT2D eigenvalue weighted by atomic mass is 16.2. The van der Waals surface area contributed by atoms with Gasteiger partial charge >= 0.3 is 0 Å². The van der Waals surface area contributed by atoms with Gasteiger partial charge in [-0.1, -0.05) is 6.92 Å². The van der Waals surface area contributed by atoms with Crippen LogP contribution in [0.4, 0.5) is 0 Å². The smallest absolute Gasteiger partial charge is 0.226 e. The van der Waals surface area contributed by atoms with Gasteiger partial charge < -0.3 is 9.80 Å². The first-order chi connectivity index (χ1) is 9.06. The van der Waals surface area contributed by atoms with Crippen molar-refractivity contribution in [3.05, 3.63) is 18.0 Å². The van der Waals surface area contributed by atoms with Crippen molar-refractivity contribution in [2.45, 2.75) is 25.9 Å². The number of hydrogen-bond donors (Lipinski definition) is 0. The second-order valence-corrected chi connectivity index (χ2v) is 6.22. The number of aromatic nitrogens is 2. The van der Waals surface area contributed by atoms with E-state index in [0.717, 1.165) is 25.2 Å². The molecule has 0 unspecified atom stereocenters. The van der Waals surface area contributed by atoms with Crippen LogP contribution < -0.4 is 0 Å². The van der Waals surface area contributed by atoms with Gasteiger partial charge in [-0.15, -0.1) is 0 Å². The molecule has 0 radical (unpaired) electrons. The summed E-state index contributed by atoms with van der Waals surface area (Å²) in [4.78, 5) is 16.6. The Balaban J connectivity index is 1.78. The van der Waals surface area contributed by atoms with E-state index in [1.807, 2.05) is 17.2 Å². The predicted molar refractivity (Wildman–Crippen MR) is 72.5 cm³/mol. The second kappa shape index (κ2) is 4.63. The van der Waals surface area contributed by atoms with Crippen LogP contribution in [0, 0.1) is 11.8 Å². The molecule has 1 saturated carbocycles. The number of fused-ring (bicyclic) bond motifs is 1. The summed E-state index contributed by atoms with van der Waals surface area (Å²) in [5.74, 6) is 1.19. The maximum atomic E-state index is 12.4. The first-order valence-electron chi connectivity index (χ1n) is 7.02. The minimum atomic E-state index is 0.270. The van der Waals surface area contributed by atoms with E-state index in [2.05, 4.69) is 35.7 Å². The standard InChI is InChI=1S/C14H22N4O/c1-10-6-13(10)14(19)17-8-11-4-5-15-18(11)12(9-17)7-16(2)3/h4-5,10,12-13H,6-9H2,1-3H3/t10-,12-,13+/m1/s1. The third kappa shape index (κ3) is 2.39. The van der Waals surface area contributed by atoms with Crippen LogP contribution in [0.2, 0.25) is 0 Å². The molecule has 0 saturated heterocycles. The minimum absolute atomic E-state index is 0.270. The Labute approximate surface area is 114 Å². The molecule has 0 aromatic carbocycles. The molecular formula is C14H22N4O. The Morgan fingerprint density at radius 3 is 2.89 bits per heavy atom. The number of amides is 1. The van der Waals surface area contributed by atoms with E-state index in [0.29, 0.717) is 18.4 Å². The molecule has 1 aromatic rings. The fourth-order valence-electron chi connectivity index (χ4n) is 3.01. The molecule has 1 fully saturated rings. The molecule has 1 aliphatic carbocycles. The first-order valence-corrected chi connectivity index (χ1v) is 7.02. The predicted octanol–water partition coefficient (Wildman–Crippen LogP) is 0.984. The second-order valence-electron chi connectivity index (χ2n) is 6.22. The van der Waals surface area contributed by atoms with Crippen molar-refractivity contribution in [3.8, 4) is 0 Å². The topological polar surface area (TPSA) is 41.4 Å². The molecule has 3 rings (SSSR count). The van der Waals surface area contributed by atoms with Crippen molar-refractivity contribution < 1.29 is 4.79 Å². The largest absolute Gasteiger partial charge is 0.334 e. The molecule has 1 amide bonds. The van der Waals surface area contributed by atoms with E-state index in [1.54, 1.807) is 0 Å². The van der Waals surface area contributed by atoms with Crippen molar-refractivity contribution in [1.82, 2.24) is 19.6 Å². The van der Waals surface area contributed by atoms with Crippen molar-refractivity contribution in [2.24, 2.45) is 11.8 Å². The van der Waals surface area contributed by atoms with E-state index in [-0.39, 0.29) is 12.0 Å². The number of carbonyl (C=O) groups is 1. The van der Waals surface area contributed by atoms with E-state index in [9.17, 15) is 4.79 Å². The lowest BCUT2D eigenvalue weighted by atomic mass is 10.1. The zero-order valence-electron chi connectivity index (χ0n) is 11.9. The number of carbonyl (C=O) groups excluding carboxylic acids is 1. The third-order valence-corrected chi connectivity index (χ3v) is 4.20. The fraction of sp³-hybridized carbons (Fsp3) is 0.714. The molecule has 0 spiro atoms.